The summed E-state index contributed by atoms with van der Waals surface area (Å²) in [5.74, 6) is 0.577. The minimum atomic E-state index is -3.98. The summed E-state index contributed by atoms with van der Waals surface area (Å²) in [7, 11) is -3.98. The van der Waals surface area contributed by atoms with E-state index >= 15 is 0 Å². The molecule has 2 aromatic carbocycles. The van der Waals surface area contributed by atoms with Crippen molar-refractivity contribution >= 4 is 33.3 Å². The minimum absolute atomic E-state index is 0.0164. The highest BCUT2D eigenvalue weighted by molar-refractivity contribution is 7.87. The highest BCUT2D eigenvalue weighted by Gasteiger charge is 2.21. The second-order valence-corrected chi connectivity index (χ2v) is 8.76. The van der Waals surface area contributed by atoms with E-state index in [9.17, 15) is 8.42 Å². The molecule has 3 nitrogen and oxygen atoms in total. The molecule has 0 spiro atoms. The summed E-state index contributed by atoms with van der Waals surface area (Å²) in [6, 6.07) is 11.4. The highest BCUT2D eigenvalue weighted by atomic mass is 35.5. The summed E-state index contributed by atoms with van der Waals surface area (Å²) < 4.78 is 30.7. The van der Waals surface area contributed by atoms with Gasteiger partial charge in [-0.2, -0.15) is 8.42 Å². The molecule has 0 saturated carbocycles. The van der Waals surface area contributed by atoms with Gasteiger partial charge in [0.05, 0.1) is 10.0 Å². The normalized spacial score (nSPS) is 12.8. The Kier molecular flexibility index (Phi) is 7.81. The molecule has 142 valence electrons. The molecule has 26 heavy (non-hydrogen) atoms. The molecule has 0 saturated heterocycles. The van der Waals surface area contributed by atoms with Crippen molar-refractivity contribution in [2.75, 3.05) is 0 Å². The Morgan fingerprint density at radius 1 is 1.00 bits per heavy atom. The fourth-order valence-corrected chi connectivity index (χ4v) is 4.14. The van der Waals surface area contributed by atoms with Crippen LogP contribution in [0.5, 0.6) is 5.75 Å². The maximum Gasteiger partial charge on any atom is 0.339 e. The molecule has 2 aromatic rings. The van der Waals surface area contributed by atoms with E-state index in [1.54, 1.807) is 12.1 Å². The van der Waals surface area contributed by atoms with Gasteiger partial charge < -0.3 is 4.18 Å². The van der Waals surface area contributed by atoms with Gasteiger partial charge in [-0.3, -0.25) is 0 Å². The molecule has 0 radical (unpaired) electrons. The van der Waals surface area contributed by atoms with Crippen LogP contribution >= 0.6 is 23.2 Å². The second-order valence-electron chi connectivity index (χ2n) is 6.40. The molecular weight excluding hydrogens is 391 g/mol. The number of unbranched alkanes of at least 4 members (excludes halogenated alkanes) is 3. The number of rotatable bonds is 9. The quantitative estimate of drug-likeness (QED) is 0.333. The predicted octanol–water partition coefficient (Wildman–Crippen LogP) is 6.84. The van der Waals surface area contributed by atoms with Crippen LogP contribution in [-0.2, 0) is 10.1 Å². The van der Waals surface area contributed by atoms with Crippen LogP contribution in [0.2, 0.25) is 10.0 Å². The Bertz CT molecular complexity index is 835. The van der Waals surface area contributed by atoms with Crippen molar-refractivity contribution in [1.82, 2.24) is 0 Å². The third-order valence-electron chi connectivity index (χ3n) is 4.32. The lowest BCUT2D eigenvalue weighted by Crippen LogP contribution is -2.11. The molecule has 0 heterocycles. The first-order chi connectivity index (χ1) is 12.3. The molecule has 0 aliphatic carbocycles. The Hall–Kier alpha value is -1.23. The van der Waals surface area contributed by atoms with Crippen molar-refractivity contribution in [3.63, 3.8) is 0 Å². The Morgan fingerprint density at radius 3 is 2.42 bits per heavy atom. The lowest BCUT2D eigenvalue weighted by atomic mass is 9.94. The SMILES string of the molecule is CCCCCC[C@@H](C)c1ccccc1OS(=O)(=O)c1ccc(Cl)c(Cl)c1. The maximum absolute atomic E-state index is 12.6. The van der Waals surface area contributed by atoms with Gasteiger partial charge in [-0.15, -0.1) is 0 Å². The number of benzene rings is 2. The van der Waals surface area contributed by atoms with E-state index in [1.165, 1.54) is 37.5 Å². The molecule has 0 bridgehead atoms. The first-order valence-electron chi connectivity index (χ1n) is 8.83. The van der Waals surface area contributed by atoms with Crippen LogP contribution in [0.25, 0.3) is 0 Å². The lowest BCUT2D eigenvalue weighted by molar-refractivity contribution is 0.477. The molecular formula is C20H24Cl2O3S. The van der Waals surface area contributed by atoms with Crippen LogP contribution < -0.4 is 4.18 Å². The van der Waals surface area contributed by atoms with Gasteiger partial charge in [-0.25, -0.2) is 0 Å². The van der Waals surface area contributed by atoms with Crippen molar-refractivity contribution in [1.29, 1.82) is 0 Å². The molecule has 2 rings (SSSR count). The van der Waals surface area contributed by atoms with Crippen LogP contribution in [0.4, 0.5) is 0 Å². The van der Waals surface area contributed by atoms with Crippen molar-refractivity contribution in [3.8, 4) is 5.75 Å². The van der Waals surface area contributed by atoms with Crippen molar-refractivity contribution in [2.24, 2.45) is 0 Å². The van der Waals surface area contributed by atoms with Gasteiger partial charge in [0.15, 0.2) is 0 Å². The summed E-state index contributed by atoms with van der Waals surface area (Å²) in [4.78, 5) is -0.0164. The fourth-order valence-electron chi connectivity index (χ4n) is 2.80. The lowest BCUT2D eigenvalue weighted by Gasteiger charge is -2.17. The van der Waals surface area contributed by atoms with Crippen LogP contribution in [-0.4, -0.2) is 8.42 Å². The van der Waals surface area contributed by atoms with E-state index in [4.69, 9.17) is 27.4 Å². The molecule has 0 aliphatic rings. The van der Waals surface area contributed by atoms with E-state index in [-0.39, 0.29) is 15.8 Å². The molecule has 0 amide bonds. The summed E-state index contributed by atoms with van der Waals surface area (Å²) >= 11 is 11.8. The minimum Gasteiger partial charge on any atom is -0.379 e. The number of hydrogen-bond donors (Lipinski definition) is 0. The van der Waals surface area contributed by atoms with Crippen LogP contribution in [0, 0.1) is 0 Å². The average Bonchev–Trinajstić information content (AvgIpc) is 2.61. The summed E-state index contributed by atoms with van der Waals surface area (Å²) in [5, 5.41) is 0.473. The van der Waals surface area contributed by atoms with Crippen molar-refractivity contribution in [3.05, 3.63) is 58.1 Å². The Labute approximate surface area is 166 Å². The first kappa shape index (κ1) is 21.1. The molecule has 0 aliphatic heterocycles. The van der Waals surface area contributed by atoms with Gasteiger partial charge in [0.1, 0.15) is 10.6 Å². The topological polar surface area (TPSA) is 43.4 Å². The van der Waals surface area contributed by atoms with Gasteiger partial charge in [-0.1, -0.05) is 80.9 Å². The molecule has 6 heteroatoms. The van der Waals surface area contributed by atoms with Gasteiger partial charge >= 0.3 is 10.1 Å². The van der Waals surface area contributed by atoms with Gasteiger partial charge in [0.25, 0.3) is 0 Å². The third kappa shape index (κ3) is 5.63. The van der Waals surface area contributed by atoms with Crippen LogP contribution in [0.1, 0.15) is 57.4 Å². The van der Waals surface area contributed by atoms with Gasteiger partial charge in [-0.05, 0) is 42.2 Å². The van der Waals surface area contributed by atoms with E-state index in [0.29, 0.717) is 10.8 Å². The molecule has 0 unspecified atom stereocenters. The van der Waals surface area contributed by atoms with Crippen molar-refractivity contribution in [2.45, 2.75) is 56.8 Å². The monoisotopic (exact) mass is 414 g/mol. The number of halogens is 2. The predicted molar refractivity (Wildman–Crippen MR) is 108 cm³/mol. The largest absolute Gasteiger partial charge is 0.379 e. The van der Waals surface area contributed by atoms with Gasteiger partial charge in [0.2, 0.25) is 0 Å². The van der Waals surface area contributed by atoms with E-state index in [1.807, 2.05) is 12.1 Å². The highest BCUT2D eigenvalue weighted by Crippen LogP contribution is 2.33. The van der Waals surface area contributed by atoms with Crippen molar-refractivity contribution < 1.29 is 12.6 Å². The number of para-hydroxylation sites is 1. The second kappa shape index (κ2) is 9.63. The third-order valence-corrected chi connectivity index (χ3v) is 6.29. The molecule has 0 N–H and O–H groups in total. The zero-order chi connectivity index (χ0) is 19.2. The zero-order valence-corrected chi connectivity index (χ0v) is 17.4. The van der Waals surface area contributed by atoms with Gasteiger partial charge in [0, 0.05) is 0 Å². The fraction of sp³-hybridized carbons (Fsp3) is 0.400. The molecule has 0 fully saturated rings. The zero-order valence-electron chi connectivity index (χ0n) is 15.0. The van der Waals surface area contributed by atoms with E-state index in [0.717, 1.165) is 18.4 Å². The number of hydrogen-bond acceptors (Lipinski definition) is 3. The van der Waals surface area contributed by atoms with E-state index in [2.05, 4.69) is 13.8 Å². The first-order valence-corrected chi connectivity index (χ1v) is 11.0. The summed E-state index contributed by atoms with van der Waals surface area (Å²) in [5.41, 5.74) is 0.896. The average molecular weight is 415 g/mol. The summed E-state index contributed by atoms with van der Waals surface area (Å²) in [6.07, 6.45) is 5.70. The smallest absolute Gasteiger partial charge is 0.339 e. The molecule has 0 aromatic heterocycles. The maximum atomic E-state index is 12.6. The van der Waals surface area contributed by atoms with E-state index < -0.39 is 10.1 Å². The Morgan fingerprint density at radius 2 is 1.73 bits per heavy atom. The van der Waals surface area contributed by atoms with Crippen LogP contribution in [0.3, 0.4) is 0 Å². The standard InChI is InChI=1S/C20H24Cl2O3S/c1-3-4-5-6-9-15(2)17-10-7-8-11-20(17)25-26(23,24)16-12-13-18(21)19(22)14-16/h7-8,10-15H,3-6,9H2,1-2H3/t15-/m1/s1. The summed E-state index contributed by atoms with van der Waals surface area (Å²) in [6.45, 7) is 4.28. The van der Waals surface area contributed by atoms with Crippen LogP contribution in [0.15, 0.2) is 47.4 Å². The molecule has 1 atom stereocenters. The Balaban J connectivity index is 2.19.